The van der Waals surface area contributed by atoms with Gasteiger partial charge in [-0.15, -0.1) is 11.6 Å². The van der Waals surface area contributed by atoms with Gasteiger partial charge in [-0.1, -0.05) is 19.9 Å². The van der Waals surface area contributed by atoms with E-state index in [1.807, 2.05) is 0 Å². The van der Waals surface area contributed by atoms with Crippen molar-refractivity contribution in [3.05, 3.63) is 52.8 Å². The number of rotatable bonds is 7. The van der Waals surface area contributed by atoms with Crippen LogP contribution in [0.25, 0.3) is 11.1 Å². The first-order chi connectivity index (χ1) is 14.0. The third-order valence-electron chi connectivity index (χ3n) is 4.52. The zero-order valence-corrected chi connectivity index (χ0v) is 17.3. The van der Waals surface area contributed by atoms with Crippen LogP contribution in [0.4, 0.5) is 17.6 Å². The van der Waals surface area contributed by atoms with Crippen molar-refractivity contribution >= 4 is 23.9 Å². The summed E-state index contributed by atoms with van der Waals surface area (Å²) in [5.41, 5.74) is -0.820. The minimum Gasteiger partial charge on any atom is -0.496 e. The van der Waals surface area contributed by atoms with Gasteiger partial charge in [0.1, 0.15) is 11.6 Å². The van der Waals surface area contributed by atoms with Crippen molar-refractivity contribution < 1.29 is 31.9 Å². The average Bonchev–Trinajstić information content (AvgIpc) is 2.69. The molecule has 0 fully saturated rings. The lowest BCUT2D eigenvalue weighted by Crippen LogP contribution is -2.32. The molecule has 0 bridgehead atoms. The number of carbonyl (C=O) groups excluding carboxylic acids is 2. The minimum atomic E-state index is -4.71. The van der Waals surface area contributed by atoms with Crippen molar-refractivity contribution in [2.45, 2.75) is 25.9 Å². The van der Waals surface area contributed by atoms with E-state index in [0.29, 0.717) is 16.5 Å². The van der Waals surface area contributed by atoms with Crippen molar-refractivity contribution in [2.75, 3.05) is 19.5 Å². The molecule has 2 aromatic carbocycles. The number of halogens is 5. The van der Waals surface area contributed by atoms with E-state index in [9.17, 15) is 27.2 Å². The molecule has 0 radical (unpaired) electrons. The van der Waals surface area contributed by atoms with Gasteiger partial charge in [-0.25, -0.2) is 4.39 Å². The van der Waals surface area contributed by atoms with E-state index in [4.69, 9.17) is 16.3 Å². The molecule has 0 aliphatic heterocycles. The third-order valence-corrected chi connectivity index (χ3v) is 4.69. The summed E-state index contributed by atoms with van der Waals surface area (Å²) in [6.45, 7) is 3.32. The number of ether oxygens (including phenoxy) is 1. The summed E-state index contributed by atoms with van der Waals surface area (Å²) in [5, 5.41) is 0. The van der Waals surface area contributed by atoms with E-state index in [2.05, 4.69) is 0 Å². The maximum absolute atomic E-state index is 14.4. The molecule has 9 heteroatoms. The first-order valence-electron chi connectivity index (χ1n) is 8.96. The highest BCUT2D eigenvalue weighted by Gasteiger charge is 2.33. The maximum Gasteiger partial charge on any atom is 0.416 e. The number of nitrogens with zero attached hydrogens (tertiary/aromatic N) is 1. The van der Waals surface area contributed by atoms with Crippen LogP contribution < -0.4 is 4.74 Å². The third kappa shape index (κ3) is 4.92. The summed E-state index contributed by atoms with van der Waals surface area (Å²) in [7, 11) is 1.28. The van der Waals surface area contributed by atoms with Crippen molar-refractivity contribution in [2.24, 2.45) is 0 Å². The molecular weight excluding hydrogens is 426 g/mol. The summed E-state index contributed by atoms with van der Waals surface area (Å²) >= 11 is 5.59. The number of alkyl halides is 4. The summed E-state index contributed by atoms with van der Waals surface area (Å²) in [4.78, 5) is 24.9. The second-order valence-corrected chi connectivity index (χ2v) is 7.16. The van der Waals surface area contributed by atoms with Crippen molar-refractivity contribution in [3.8, 4) is 16.9 Å². The Kier molecular flexibility index (Phi) is 7.47. The van der Waals surface area contributed by atoms with Gasteiger partial charge >= 0.3 is 6.18 Å². The fourth-order valence-electron chi connectivity index (χ4n) is 2.97. The molecule has 0 atom stereocenters. The Labute approximate surface area is 176 Å². The molecule has 30 heavy (non-hydrogen) atoms. The molecule has 2 aromatic rings. The molecule has 0 aromatic heterocycles. The molecule has 0 saturated carbocycles. The lowest BCUT2D eigenvalue weighted by molar-refractivity contribution is -0.137. The van der Waals surface area contributed by atoms with Crippen LogP contribution in [0, 0.1) is 5.82 Å². The Bertz CT molecular complexity index is 945. The molecule has 162 valence electrons. The maximum atomic E-state index is 14.4. The lowest BCUT2D eigenvalue weighted by atomic mass is 9.92. The van der Waals surface area contributed by atoms with Crippen LogP contribution in [-0.4, -0.2) is 36.8 Å². The van der Waals surface area contributed by atoms with Gasteiger partial charge in [-0.05, 0) is 35.2 Å². The molecule has 0 saturated heterocycles. The first-order valence-corrected chi connectivity index (χ1v) is 9.49. The van der Waals surface area contributed by atoms with Gasteiger partial charge in [0.05, 0.1) is 12.7 Å². The molecule has 0 unspecified atom stereocenters. The van der Waals surface area contributed by atoms with E-state index in [-0.39, 0.29) is 47.2 Å². The molecule has 2 rings (SSSR count). The highest BCUT2D eigenvalue weighted by molar-refractivity contribution is 6.18. The van der Waals surface area contributed by atoms with Gasteiger partial charge in [-0.3, -0.25) is 14.5 Å². The van der Waals surface area contributed by atoms with Crippen molar-refractivity contribution in [1.82, 2.24) is 4.90 Å². The van der Waals surface area contributed by atoms with Gasteiger partial charge in [0.25, 0.3) is 5.91 Å². The van der Waals surface area contributed by atoms with Crippen LogP contribution in [-0.2, 0) is 11.0 Å². The zero-order chi connectivity index (χ0) is 22.6. The second kappa shape index (κ2) is 9.47. The van der Waals surface area contributed by atoms with Gasteiger partial charge < -0.3 is 4.74 Å². The molecule has 0 N–H and O–H groups in total. The monoisotopic (exact) mass is 445 g/mol. The molecule has 4 nitrogen and oxygen atoms in total. The largest absolute Gasteiger partial charge is 0.496 e. The summed E-state index contributed by atoms with van der Waals surface area (Å²) < 4.78 is 59.4. The number of methoxy groups -OCH3 is 1. The Balaban J connectivity index is 2.81. The average molecular weight is 446 g/mol. The van der Waals surface area contributed by atoms with E-state index in [1.165, 1.54) is 13.2 Å². The number of benzene rings is 2. The van der Waals surface area contributed by atoms with Crippen LogP contribution >= 0.6 is 11.6 Å². The van der Waals surface area contributed by atoms with Crippen molar-refractivity contribution in [3.63, 3.8) is 0 Å². The number of hydrogen-bond donors (Lipinski definition) is 0. The fraction of sp³-hybridized carbons (Fsp3) is 0.333. The SMILES string of the molecule is COc1cc(F)c(C(C)C)cc1-c1ccc(C(F)(F)F)cc1C(=O)N(C=O)CCCl. The normalized spacial score (nSPS) is 11.5. The standard InChI is InChI=1S/C21H20ClF4NO3/c1-12(2)15-9-16(19(30-3)10-18(15)23)14-5-4-13(21(24,25)26)8-17(14)20(29)27(11-28)7-6-22/h4-5,8-12H,6-7H2,1-3H3. The number of amides is 2. The second-order valence-electron chi connectivity index (χ2n) is 6.78. The molecule has 0 aliphatic carbocycles. The van der Waals surface area contributed by atoms with Crippen LogP contribution in [0.3, 0.4) is 0 Å². The van der Waals surface area contributed by atoms with E-state index in [1.54, 1.807) is 13.8 Å². The van der Waals surface area contributed by atoms with Gasteiger partial charge in [0.15, 0.2) is 0 Å². The van der Waals surface area contributed by atoms with Gasteiger partial charge in [0.2, 0.25) is 6.41 Å². The highest BCUT2D eigenvalue weighted by Crippen LogP contribution is 2.39. The van der Waals surface area contributed by atoms with E-state index in [0.717, 1.165) is 18.2 Å². The van der Waals surface area contributed by atoms with Crippen LogP contribution in [0.15, 0.2) is 30.3 Å². The Morgan fingerprint density at radius 3 is 2.37 bits per heavy atom. The predicted molar refractivity (Wildman–Crippen MR) is 105 cm³/mol. The lowest BCUT2D eigenvalue weighted by Gasteiger charge is -2.20. The van der Waals surface area contributed by atoms with Crippen LogP contribution in [0.5, 0.6) is 5.75 Å². The first kappa shape index (κ1) is 23.7. The Morgan fingerprint density at radius 2 is 1.87 bits per heavy atom. The van der Waals surface area contributed by atoms with Gasteiger partial charge in [-0.2, -0.15) is 13.2 Å². The molecule has 0 aliphatic rings. The Hall–Kier alpha value is -2.61. The van der Waals surface area contributed by atoms with E-state index < -0.39 is 23.5 Å². The molecule has 0 heterocycles. The van der Waals surface area contributed by atoms with Crippen LogP contribution in [0.1, 0.15) is 41.3 Å². The smallest absolute Gasteiger partial charge is 0.416 e. The predicted octanol–water partition coefficient (Wildman–Crippen LogP) is 5.48. The fourth-order valence-corrected chi connectivity index (χ4v) is 3.16. The Morgan fingerprint density at radius 1 is 1.20 bits per heavy atom. The molecular formula is C21H20ClF4NO3. The summed E-state index contributed by atoms with van der Waals surface area (Å²) in [5.74, 6) is -1.77. The van der Waals surface area contributed by atoms with Gasteiger partial charge in [0, 0.05) is 29.6 Å². The zero-order valence-electron chi connectivity index (χ0n) is 16.5. The minimum absolute atomic E-state index is 0.0423. The number of carbonyl (C=O) groups is 2. The molecule has 0 spiro atoms. The van der Waals surface area contributed by atoms with Crippen molar-refractivity contribution in [1.29, 1.82) is 0 Å². The molecule has 2 amide bonds. The topological polar surface area (TPSA) is 46.6 Å². The summed E-state index contributed by atoms with van der Waals surface area (Å²) in [6, 6.07) is 5.15. The quantitative estimate of drug-likeness (QED) is 0.322. The van der Waals surface area contributed by atoms with E-state index >= 15 is 0 Å². The van der Waals surface area contributed by atoms with Crippen LogP contribution in [0.2, 0.25) is 0 Å². The highest BCUT2D eigenvalue weighted by atomic mass is 35.5. The summed E-state index contributed by atoms with van der Waals surface area (Å²) in [6.07, 6.45) is -4.50. The number of imide groups is 1. The number of hydrogen-bond acceptors (Lipinski definition) is 3.